The fourth-order valence-electron chi connectivity index (χ4n) is 0.340. The van der Waals surface area contributed by atoms with Gasteiger partial charge in [-0.3, -0.25) is 4.55 Å². The molecule has 0 amide bonds. The van der Waals surface area contributed by atoms with Crippen LogP contribution in [0.4, 0.5) is 0 Å². The van der Waals surface area contributed by atoms with Gasteiger partial charge in [0.05, 0.1) is 11.5 Å². The molecule has 0 spiro atoms. The van der Waals surface area contributed by atoms with Crippen LogP contribution in [0.3, 0.4) is 0 Å². The van der Waals surface area contributed by atoms with Crippen LogP contribution in [0.1, 0.15) is 6.92 Å². The third kappa shape index (κ3) is 3.03. The minimum absolute atomic E-state index is 0.358. The predicted molar refractivity (Wildman–Crippen MR) is 39.4 cm³/mol. The van der Waals surface area contributed by atoms with Crippen molar-refractivity contribution in [1.29, 1.82) is 0 Å². The standard InChI is InChI=1S/C3H7Cl2NO3S/c1-3(5)6(2-4)10(7,8)9/h3H,2H2,1H3,(H,7,8,9). The lowest BCUT2D eigenvalue weighted by molar-refractivity contribution is 0.372. The van der Waals surface area contributed by atoms with Crippen molar-refractivity contribution < 1.29 is 13.0 Å². The first-order chi connectivity index (χ1) is 4.39. The van der Waals surface area contributed by atoms with Crippen LogP contribution >= 0.6 is 23.2 Å². The second kappa shape index (κ2) is 3.73. The van der Waals surface area contributed by atoms with Crippen LogP contribution in [0.2, 0.25) is 0 Å². The topological polar surface area (TPSA) is 57.6 Å². The molecule has 0 saturated heterocycles. The summed E-state index contributed by atoms with van der Waals surface area (Å²) in [6.45, 7) is 1.39. The molecule has 62 valence electrons. The molecule has 0 aliphatic rings. The minimum atomic E-state index is -4.24. The average molecular weight is 208 g/mol. The molecule has 0 heterocycles. The van der Waals surface area contributed by atoms with Crippen molar-refractivity contribution in [2.45, 2.75) is 12.4 Å². The van der Waals surface area contributed by atoms with Crippen LogP contribution in [-0.4, -0.2) is 28.8 Å². The van der Waals surface area contributed by atoms with Gasteiger partial charge in [-0.25, -0.2) is 0 Å². The Labute approximate surface area is 69.6 Å². The molecule has 0 aromatic rings. The number of hydrogen-bond acceptors (Lipinski definition) is 2. The lowest BCUT2D eigenvalue weighted by Crippen LogP contribution is -2.33. The van der Waals surface area contributed by atoms with Gasteiger partial charge in [0.15, 0.2) is 0 Å². The highest BCUT2D eigenvalue weighted by Crippen LogP contribution is 2.08. The molecule has 0 rings (SSSR count). The Balaban J connectivity index is 4.38. The van der Waals surface area contributed by atoms with Gasteiger partial charge >= 0.3 is 10.3 Å². The molecule has 1 atom stereocenters. The van der Waals surface area contributed by atoms with E-state index in [9.17, 15) is 8.42 Å². The molecule has 4 nitrogen and oxygen atoms in total. The van der Waals surface area contributed by atoms with E-state index in [1.54, 1.807) is 0 Å². The number of hydrogen-bond donors (Lipinski definition) is 1. The molecule has 7 heteroatoms. The van der Waals surface area contributed by atoms with Crippen LogP contribution in [0.5, 0.6) is 0 Å². The van der Waals surface area contributed by atoms with Gasteiger partial charge in [-0.1, -0.05) is 0 Å². The SMILES string of the molecule is CC(Cl)N(CCl)S(=O)(=O)O. The normalized spacial score (nSPS) is 15.7. The van der Waals surface area contributed by atoms with E-state index in [-0.39, 0.29) is 6.00 Å². The Bertz CT molecular complexity index is 190. The summed E-state index contributed by atoms with van der Waals surface area (Å²) in [7, 11) is -4.24. The summed E-state index contributed by atoms with van der Waals surface area (Å²) in [6, 6.07) is -0.358. The third-order valence-electron chi connectivity index (χ3n) is 0.811. The Morgan fingerprint density at radius 1 is 1.70 bits per heavy atom. The van der Waals surface area contributed by atoms with E-state index in [1.165, 1.54) is 6.92 Å². The summed E-state index contributed by atoms with van der Waals surface area (Å²) >= 11 is 10.5. The Morgan fingerprint density at radius 3 is 2.10 bits per heavy atom. The number of nitrogens with zero attached hydrogens (tertiary/aromatic N) is 1. The molecule has 0 radical (unpaired) electrons. The Kier molecular flexibility index (Phi) is 3.90. The highest BCUT2D eigenvalue weighted by molar-refractivity contribution is 7.83. The molecular formula is C3H7Cl2NO3S. The molecule has 1 N–H and O–H groups in total. The van der Waals surface area contributed by atoms with Crippen molar-refractivity contribution in [2.24, 2.45) is 0 Å². The molecule has 0 bridgehead atoms. The maximum Gasteiger partial charge on any atom is 0.338 e. The van der Waals surface area contributed by atoms with Crippen molar-refractivity contribution >= 4 is 33.5 Å². The van der Waals surface area contributed by atoms with Gasteiger partial charge < -0.3 is 0 Å². The molecule has 0 aromatic heterocycles. The van der Waals surface area contributed by atoms with E-state index in [1.807, 2.05) is 0 Å². The molecule has 0 aliphatic carbocycles. The van der Waals surface area contributed by atoms with Crippen LogP contribution < -0.4 is 0 Å². The van der Waals surface area contributed by atoms with Crippen molar-refractivity contribution in [1.82, 2.24) is 4.31 Å². The predicted octanol–water partition coefficient (Wildman–Crippen LogP) is 0.872. The summed E-state index contributed by atoms with van der Waals surface area (Å²) in [6.07, 6.45) is 0. The average Bonchev–Trinajstić information content (AvgIpc) is 1.60. The maximum absolute atomic E-state index is 10.3. The fourth-order valence-corrected chi connectivity index (χ4v) is 1.85. The maximum atomic E-state index is 10.3. The quantitative estimate of drug-likeness (QED) is 0.425. The summed E-state index contributed by atoms with van der Waals surface area (Å²) in [5.74, 6) is 0. The van der Waals surface area contributed by atoms with Gasteiger partial charge in [0.2, 0.25) is 0 Å². The summed E-state index contributed by atoms with van der Waals surface area (Å²) in [5.41, 5.74) is -0.840. The van der Waals surface area contributed by atoms with Crippen LogP contribution in [0.15, 0.2) is 0 Å². The molecule has 0 aromatic carbocycles. The van der Waals surface area contributed by atoms with E-state index in [2.05, 4.69) is 0 Å². The number of alkyl halides is 2. The van der Waals surface area contributed by atoms with E-state index >= 15 is 0 Å². The first-order valence-electron chi connectivity index (χ1n) is 2.34. The first kappa shape index (κ1) is 10.4. The lowest BCUT2D eigenvalue weighted by atomic mass is 10.8. The van der Waals surface area contributed by atoms with Gasteiger partial charge in [-0.05, 0) is 6.92 Å². The van der Waals surface area contributed by atoms with Crippen molar-refractivity contribution in [2.75, 3.05) is 6.00 Å². The minimum Gasteiger partial charge on any atom is -0.273 e. The molecule has 10 heavy (non-hydrogen) atoms. The zero-order chi connectivity index (χ0) is 8.36. The Hall–Kier alpha value is 0.450. The van der Waals surface area contributed by atoms with E-state index in [4.69, 9.17) is 27.8 Å². The zero-order valence-electron chi connectivity index (χ0n) is 5.16. The summed E-state index contributed by atoms with van der Waals surface area (Å²) < 4.78 is 29.5. The lowest BCUT2D eigenvalue weighted by Gasteiger charge is -2.16. The van der Waals surface area contributed by atoms with Crippen LogP contribution in [0.25, 0.3) is 0 Å². The monoisotopic (exact) mass is 207 g/mol. The highest BCUT2D eigenvalue weighted by Gasteiger charge is 2.21. The molecule has 0 fully saturated rings. The fraction of sp³-hybridized carbons (Fsp3) is 1.00. The molecular weight excluding hydrogens is 201 g/mol. The second-order valence-electron chi connectivity index (χ2n) is 1.56. The van der Waals surface area contributed by atoms with Crippen molar-refractivity contribution in [3.8, 4) is 0 Å². The largest absolute Gasteiger partial charge is 0.338 e. The van der Waals surface area contributed by atoms with Gasteiger partial charge in [0, 0.05) is 0 Å². The zero-order valence-corrected chi connectivity index (χ0v) is 7.49. The van der Waals surface area contributed by atoms with Crippen molar-refractivity contribution in [3.63, 3.8) is 0 Å². The molecule has 1 unspecified atom stereocenters. The van der Waals surface area contributed by atoms with Gasteiger partial charge in [-0.15, -0.1) is 27.5 Å². The second-order valence-corrected chi connectivity index (χ2v) is 3.79. The van der Waals surface area contributed by atoms with Crippen molar-refractivity contribution in [3.05, 3.63) is 0 Å². The number of halogens is 2. The summed E-state index contributed by atoms with van der Waals surface area (Å²) in [4.78, 5) is 0. The Morgan fingerprint density at radius 2 is 2.10 bits per heavy atom. The van der Waals surface area contributed by atoms with E-state index < -0.39 is 15.8 Å². The van der Waals surface area contributed by atoms with Crippen LogP contribution in [0, 0.1) is 0 Å². The van der Waals surface area contributed by atoms with Gasteiger partial charge in [-0.2, -0.15) is 8.42 Å². The molecule has 0 saturated carbocycles. The highest BCUT2D eigenvalue weighted by atomic mass is 35.5. The van der Waals surface area contributed by atoms with E-state index in [0.29, 0.717) is 4.31 Å². The number of rotatable bonds is 3. The molecule has 0 aliphatic heterocycles. The first-order valence-corrected chi connectivity index (χ1v) is 4.70. The van der Waals surface area contributed by atoms with Gasteiger partial charge in [0.1, 0.15) is 0 Å². The van der Waals surface area contributed by atoms with E-state index in [0.717, 1.165) is 0 Å². The van der Waals surface area contributed by atoms with Crippen LogP contribution in [-0.2, 0) is 10.3 Å². The smallest absolute Gasteiger partial charge is 0.273 e. The summed E-state index contributed by atoms with van der Waals surface area (Å²) in [5, 5.41) is 0. The van der Waals surface area contributed by atoms with Gasteiger partial charge in [0.25, 0.3) is 0 Å². The third-order valence-corrected chi connectivity index (χ3v) is 2.60.